The molecule has 0 aliphatic heterocycles. The van der Waals surface area contributed by atoms with Crippen molar-refractivity contribution in [1.82, 2.24) is 9.97 Å². The zero-order chi connectivity index (χ0) is 14.0. The molecule has 1 aromatic heterocycles. The van der Waals surface area contributed by atoms with Crippen LogP contribution in [0.5, 0.6) is 0 Å². The molecular formula is C16H22N4. The van der Waals surface area contributed by atoms with Crippen molar-refractivity contribution in [1.29, 1.82) is 0 Å². The second kappa shape index (κ2) is 8.15. The molecule has 0 aliphatic carbocycles. The van der Waals surface area contributed by atoms with Gasteiger partial charge < -0.3 is 10.6 Å². The molecule has 2 rings (SSSR count). The number of hydrogen-bond donors (Lipinski definition) is 2. The molecule has 0 amide bonds. The van der Waals surface area contributed by atoms with E-state index in [0.717, 1.165) is 38.2 Å². The van der Waals surface area contributed by atoms with Crippen LogP contribution in [-0.4, -0.2) is 23.1 Å². The van der Waals surface area contributed by atoms with E-state index in [2.05, 4.69) is 51.8 Å². The lowest BCUT2D eigenvalue weighted by Crippen LogP contribution is -2.08. The van der Waals surface area contributed by atoms with Gasteiger partial charge in [0.2, 0.25) is 5.95 Å². The first-order valence-corrected chi connectivity index (χ1v) is 7.23. The Bertz CT molecular complexity index is 499. The van der Waals surface area contributed by atoms with E-state index in [1.54, 1.807) is 6.20 Å². The van der Waals surface area contributed by atoms with Crippen LogP contribution in [0.3, 0.4) is 0 Å². The highest BCUT2D eigenvalue weighted by molar-refractivity contribution is 5.39. The van der Waals surface area contributed by atoms with Gasteiger partial charge in [0.25, 0.3) is 0 Å². The monoisotopic (exact) mass is 270 g/mol. The average molecular weight is 270 g/mol. The fourth-order valence-corrected chi connectivity index (χ4v) is 1.93. The SMILES string of the molecule is CCCNc1ccnc(NCCCc2ccccc2)n1. The number of nitrogens with zero attached hydrogens (tertiary/aromatic N) is 2. The largest absolute Gasteiger partial charge is 0.370 e. The number of benzene rings is 1. The van der Waals surface area contributed by atoms with Gasteiger partial charge in [-0.2, -0.15) is 4.98 Å². The van der Waals surface area contributed by atoms with E-state index in [1.807, 2.05) is 12.1 Å². The molecule has 1 heterocycles. The van der Waals surface area contributed by atoms with Crippen LogP contribution in [0.4, 0.5) is 11.8 Å². The second-order valence-electron chi connectivity index (χ2n) is 4.71. The van der Waals surface area contributed by atoms with Crippen molar-refractivity contribution in [2.24, 2.45) is 0 Å². The van der Waals surface area contributed by atoms with E-state index in [9.17, 15) is 0 Å². The Morgan fingerprint density at radius 1 is 1.00 bits per heavy atom. The maximum atomic E-state index is 4.42. The minimum Gasteiger partial charge on any atom is -0.370 e. The standard InChI is InChI=1S/C16H22N4/c1-2-11-17-15-10-13-19-16(20-15)18-12-6-9-14-7-4-3-5-8-14/h3-5,7-8,10,13H,2,6,9,11-12H2,1H3,(H2,17,18,19,20). The van der Waals surface area contributed by atoms with Crippen molar-refractivity contribution in [3.05, 3.63) is 48.2 Å². The van der Waals surface area contributed by atoms with Gasteiger partial charge in [-0.15, -0.1) is 0 Å². The van der Waals surface area contributed by atoms with Gasteiger partial charge in [0.1, 0.15) is 5.82 Å². The summed E-state index contributed by atoms with van der Waals surface area (Å²) in [6, 6.07) is 12.4. The minimum absolute atomic E-state index is 0.694. The van der Waals surface area contributed by atoms with Crippen LogP contribution in [0.1, 0.15) is 25.3 Å². The Morgan fingerprint density at radius 2 is 1.85 bits per heavy atom. The van der Waals surface area contributed by atoms with Crippen molar-refractivity contribution in [3.63, 3.8) is 0 Å². The molecule has 20 heavy (non-hydrogen) atoms. The molecule has 0 aliphatic rings. The molecule has 0 bridgehead atoms. The van der Waals surface area contributed by atoms with E-state index >= 15 is 0 Å². The summed E-state index contributed by atoms with van der Waals surface area (Å²) in [5.41, 5.74) is 1.37. The summed E-state index contributed by atoms with van der Waals surface area (Å²) in [4.78, 5) is 8.65. The lowest BCUT2D eigenvalue weighted by atomic mass is 10.1. The van der Waals surface area contributed by atoms with Gasteiger partial charge in [-0.3, -0.25) is 0 Å². The molecule has 0 saturated carbocycles. The zero-order valence-corrected chi connectivity index (χ0v) is 12.0. The molecule has 0 atom stereocenters. The zero-order valence-electron chi connectivity index (χ0n) is 12.0. The van der Waals surface area contributed by atoms with Crippen molar-refractivity contribution in [2.75, 3.05) is 23.7 Å². The summed E-state index contributed by atoms with van der Waals surface area (Å²) in [6.45, 7) is 3.95. The predicted octanol–water partition coefficient (Wildman–Crippen LogP) is 3.34. The van der Waals surface area contributed by atoms with Crippen LogP contribution in [0.25, 0.3) is 0 Å². The molecule has 0 spiro atoms. The first-order chi connectivity index (χ1) is 9.88. The number of nitrogens with one attached hydrogen (secondary N) is 2. The highest BCUT2D eigenvalue weighted by Gasteiger charge is 1.98. The van der Waals surface area contributed by atoms with E-state index in [0.29, 0.717) is 5.95 Å². The average Bonchev–Trinajstić information content (AvgIpc) is 2.51. The lowest BCUT2D eigenvalue weighted by molar-refractivity contribution is 0.852. The Labute approximate surface area is 120 Å². The van der Waals surface area contributed by atoms with Gasteiger partial charge >= 0.3 is 0 Å². The van der Waals surface area contributed by atoms with Crippen LogP contribution < -0.4 is 10.6 Å². The van der Waals surface area contributed by atoms with Gasteiger partial charge in [0, 0.05) is 19.3 Å². The molecule has 0 radical (unpaired) electrons. The van der Waals surface area contributed by atoms with Gasteiger partial charge in [0.05, 0.1) is 0 Å². The third-order valence-corrected chi connectivity index (χ3v) is 2.98. The first-order valence-electron chi connectivity index (χ1n) is 7.23. The highest BCUT2D eigenvalue weighted by Crippen LogP contribution is 2.07. The second-order valence-corrected chi connectivity index (χ2v) is 4.71. The fourth-order valence-electron chi connectivity index (χ4n) is 1.93. The number of aryl methyl sites for hydroxylation is 1. The molecule has 106 valence electrons. The predicted molar refractivity (Wildman–Crippen MR) is 84.1 cm³/mol. The molecular weight excluding hydrogens is 248 g/mol. The summed E-state index contributed by atoms with van der Waals surface area (Å²) in [5, 5.41) is 6.53. The van der Waals surface area contributed by atoms with E-state index in [-0.39, 0.29) is 0 Å². The van der Waals surface area contributed by atoms with E-state index in [4.69, 9.17) is 0 Å². The van der Waals surface area contributed by atoms with Gasteiger partial charge in [0.15, 0.2) is 0 Å². The normalized spacial score (nSPS) is 10.2. The number of anilines is 2. The summed E-state index contributed by atoms with van der Waals surface area (Å²) < 4.78 is 0. The van der Waals surface area contributed by atoms with Crippen molar-refractivity contribution in [2.45, 2.75) is 26.2 Å². The Hall–Kier alpha value is -2.10. The lowest BCUT2D eigenvalue weighted by Gasteiger charge is -2.07. The summed E-state index contributed by atoms with van der Waals surface area (Å²) >= 11 is 0. The molecule has 4 heteroatoms. The topological polar surface area (TPSA) is 49.8 Å². The molecule has 1 aromatic carbocycles. The molecule has 2 aromatic rings. The van der Waals surface area contributed by atoms with Crippen LogP contribution in [0.2, 0.25) is 0 Å². The summed E-state index contributed by atoms with van der Waals surface area (Å²) in [5.74, 6) is 1.58. The Morgan fingerprint density at radius 3 is 2.65 bits per heavy atom. The molecule has 2 N–H and O–H groups in total. The molecule has 4 nitrogen and oxygen atoms in total. The third-order valence-electron chi connectivity index (χ3n) is 2.98. The van der Waals surface area contributed by atoms with Crippen LogP contribution in [0.15, 0.2) is 42.6 Å². The Balaban J connectivity index is 1.73. The summed E-state index contributed by atoms with van der Waals surface area (Å²) in [7, 11) is 0. The number of aromatic nitrogens is 2. The highest BCUT2D eigenvalue weighted by atomic mass is 15.1. The molecule has 0 unspecified atom stereocenters. The van der Waals surface area contributed by atoms with Crippen molar-refractivity contribution < 1.29 is 0 Å². The smallest absolute Gasteiger partial charge is 0.224 e. The van der Waals surface area contributed by atoms with Crippen LogP contribution in [0, 0.1) is 0 Å². The van der Waals surface area contributed by atoms with Gasteiger partial charge in [-0.05, 0) is 30.9 Å². The molecule has 0 fully saturated rings. The maximum absolute atomic E-state index is 4.42. The number of rotatable bonds is 8. The van der Waals surface area contributed by atoms with Gasteiger partial charge in [-0.25, -0.2) is 4.98 Å². The maximum Gasteiger partial charge on any atom is 0.224 e. The van der Waals surface area contributed by atoms with E-state index in [1.165, 1.54) is 5.56 Å². The first kappa shape index (κ1) is 14.3. The van der Waals surface area contributed by atoms with E-state index < -0.39 is 0 Å². The van der Waals surface area contributed by atoms with Gasteiger partial charge in [-0.1, -0.05) is 37.3 Å². The fraction of sp³-hybridized carbons (Fsp3) is 0.375. The van der Waals surface area contributed by atoms with Crippen molar-refractivity contribution >= 4 is 11.8 Å². The minimum atomic E-state index is 0.694. The number of hydrogen-bond acceptors (Lipinski definition) is 4. The summed E-state index contributed by atoms with van der Waals surface area (Å²) in [6.07, 6.45) is 5.01. The molecule has 0 saturated heterocycles. The van der Waals surface area contributed by atoms with Crippen molar-refractivity contribution in [3.8, 4) is 0 Å². The Kier molecular flexibility index (Phi) is 5.83. The van der Waals surface area contributed by atoms with Crippen LogP contribution >= 0.6 is 0 Å². The quantitative estimate of drug-likeness (QED) is 0.722. The third kappa shape index (κ3) is 4.88. The van der Waals surface area contributed by atoms with Crippen LogP contribution in [-0.2, 0) is 6.42 Å².